The number of amides is 1. The fourth-order valence-corrected chi connectivity index (χ4v) is 0. The summed E-state index contributed by atoms with van der Waals surface area (Å²) >= 11 is 0. The van der Waals surface area contributed by atoms with Crippen molar-refractivity contribution in [2.24, 2.45) is 0 Å². The zero-order valence-corrected chi connectivity index (χ0v) is 5.49. The van der Waals surface area contributed by atoms with E-state index in [-0.39, 0.29) is 18.3 Å². The Hall–Kier alpha value is -0.240. The second-order valence-corrected chi connectivity index (χ2v) is 1.41. The first-order valence-corrected chi connectivity index (χ1v) is 1.82. The molecule has 0 rings (SSSR count). The average molecular weight is 123 g/mol. The van der Waals surface area contributed by atoms with E-state index in [0.29, 0.717) is 0 Å². The van der Waals surface area contributed by atoms with Gasteiger partial charge < -0.3 is 17.3 Å². The minimum atomic E-state index is 0. The third-order valence-corrected chi connectivity index (χ3v) is 0.630. The summed E-state index contributed by atoms with van der Waals surface area (Å²) in [6.07, 6.45) is 0. The van der Waals surface area contributed by atoms with Gasteiger partial charge in [0.15, 0.2) is 0 Å². The van der Waals surface area contributed by atoms with Gasteiger partial charge in [0, 0.05) is 21.0 Å². The van der Waals surface area contributed by atoms with Gasteiger partial charge in [-0.25, -0.2) is 0 Å². The smallest absolute Gasteiger partial charge is 0.218 e. The molecule has 2 nitrogen and oxygen atoms in total. The van der Waals surface area contributed by atoms with Gasteiger partial charge in [-0.1, -0.05) is 0 Å². The molecule has 0 aliphatic carbocycles. The maximum absolute atomic E-state index is 10.1. The van der Waals surface area contributed by atoms with E-state index in [1.54, 1.807) is 14.1 Å². The van der Waals surface area contributed by atoms with E-state index in [0.717, 1.165) is 0 Å². The zero-order chi connectivity index (χ0) is 5.15. The zero-order valence-electron chi connectivity index (χ0n) is 4.73. The Balaban J connectivity index is 0. The first kappa shape index (κ1) is 9.90. The molecule has 0 fully saturated rings. The topological polar surface area (TPSA) is 20.3 Å². The number of carbonyl (C=O) groups excluding carboxylic acids is 1. The number of nitrogens with zero attached hydrogens (tertiary/aromatic N) is 1. The van der Waals surface area contributed by atoms with Crippen molar-refractivity contribution in [2.75, 3.05) is 14.1 Å². The maximum atomic E-state index is 10.1. The lowest BCUT2D eigenvalue weighted by Crippen LogP contribution is -3.00. The molecule has 0 aliphatic rings. The minimum absolute atomic E-state index is 0. The highest BCUT2D eigenvalue weighted by Crippen LogP contribution is 1.69. The van der Waals surface area contributed by atoms with Crippen LogP contribution >= 0.6 is 0 Å². The van der Waals surface area contributed by atoms with Crippen molar-refractivity contribution in [3.63, 3.8) is 0 Å². The van der Waals surface area contributed by atoms with Gasteiger partial charge in [-0.2, -0.15) is 0 Å². The Labute approximate surface area is 49.9 Å². The summed E-state index contributed by atoms with van der Waals surface area (Å²) in [5.41, 5.74) is 0. The van der Waals surface area contributed by atoms with Crippen molar-refractivity contribution in [2.45, 2.75) is 6.92 Å². The molecular weight excluding hydrogens is 114 g/mol. The van der Waals surface area contributed by atoms with Gasteiger partial charge in [-0.05, 0) is 0 Å². The molecule has 0 aromatic heterocycles. The lowest BCUT2D eigenvalue weighted by Gasteiger charge is -2.02. The van der Waals surface area contributed by atoms with Gasteiger partial charge in [-0.15, -0.1) is 0 Å². The normalized spacial score (nSPS) is 6.71. The van der Waals surface area contributed by atoms with Crippen LogP contribution in [-0.4, -0.2) is 24.9 Å². The Morgan fingerprint density at radius 2 is 1.57 bits per heavy atom. The molecule has 0 radical (unpaired) electrons. The molecule has 7 heavy (non-hydrogen) atoms. The third kappa shape index (κ3) is 5.76. The lowest BCUT2D eigenvalue weighted by molar-refractivity contribution is -0.126. The van der Waals surface area contributed by atoms with E-state index < -0.39 is 0 Å². The molecule has 0 aromatic rings. The monoisotopic (exact) mass is 122 g/mol. The molecule has 0 aromatic carbocycles. The first-order valence-electron chi connectivity index (χ1n) is 1.82. The number of carbonyl (C=O) groups is 1. The van der Waals surface area contributed by atoms with Crippen LogP contribution in [0.2, 0.25) is 0 Å². The van der Waals surface area contributed by atoms with Crippen LogP contribution in [0.15, 0.2) is 0 Å². The highest BCUT2D eigenvalue weighted by molar-refractivity contribution is 5.72. The van der Waals surface area contributed by atoms with E-state index >= 15 is 0 Å². The second kappa shape index (κ2) is 3.93. The van der Waals surface area contributed by atoms with Crippen molar-refractivity contribution in [1.29, 1.82) is 0 Å². The Morgan fingerprint density at radius 3 is 1.57 bits per heavy atom. The predicted octanol–water partition coefficient (Wildman–Crippen LogP) is -2.90. The highest BCUT2D eigenvalue weighted by atomic mass is 35.5. The van der Waals surface area contributed by atoms with E-state index in [1.165, 1.54) is 11.8 Å². The Morgan fingerprint density at radius 1 is 1.43 bits per heavy atom. The standard InChI is InChI=1S/C4H9NO.ClH/c1-4(6)5(2)3;/h1-3H3;1H/p-1. The maximum Gasteiger partial charge on any atom is 0.218 e. The van der Waals surface area contributed by atoms with Crippen molar-refractivity contribution in [3.05, 3.63) is 0 Å². The molecular formula is C4H9ClNO-. The minimum Gasteiger partial charge on any atom is -1.00 e. The SMILES string of the molecule is CC(=O)N(C)C.[Cl-]. The second-order valence-electron chi connectivity index (χ2n) is 1.41. The lowest BCUT2D eigenvalue weighted by atomic mass is 10.7. The third-order valence-electron chi connectivity index (χ3n) is 0.630. The molecule has 44 valence electrons. The van der Waals surface area contributed by atoms with Crippen LogP contribution in [0.5, 0.6) is 0 Å². The number of rotatable bonds is 0. The van der Waals surface area contributed by atoms with Gasteiger partial charge >= 0.3 is 0 Å². The van der Waals surface area contributed by atoms with Crippen LogP contribution in [0, 0.1) is 0 Å². The van der Waals surface area contributed by atoms with Crippen LogP contribution < -0.4 is 12.4 Å². The van der Waals surface area contributed by atoms with E-state index in [1.807, 2.05) is 0 Å². The number of halogens is 1. The first-order chi connectivity index (χ1) is 2.64. The summed E-state index contributed by atoms with van der Waals surface area (Å²) in [6, 6.07) is 0. The van der Waals surface area contributed by atoms with E-state index in [9.17, 15) is 4.79 Å². The quantitative estimate of drug-likeness (QED) is 0.338. The predicted molar refractivity (Wildman–Crippen MR) is 24.4 cm³/mol. The molecule has 0 atom stereocenters. The van der Waals surface area contributed by atoms with Crippen molar-refractivity contribution < 1.29 is 17.2 Å². The molecule has 0 bridgehead atoms. The van der Waals surface area contributed by atoms with E-state index in [4.69, 9.17) is 0 Å². The summed E-state index contributed by atoms with van der Waals surface area (Å²) < 4.78 is 0. The van der Waals surface area contributed by atoms with Crippen LogP contribution in [0.25, 0.3) is 0 Å². The van der Waals surface area contributed by atoms with Gasteiger partial charge in [0.1, 0.15) is 0 Å². The van der Waals surface area contributed by atoms with Crippen LogP contribution in [-0.2, 0) is 4.79 Å². The summed E-state index contributed by atoms with van der Waals surface area (Å²) in [5.74, 6) is 0.0926. The number of hydrogen-bond acceptors (Lipinski definition) is 1. The van der Waals surface area contributed by atoms with Crippen molar-refractivity contribution in [1.82, 2.24) is 4.90 Å². The molecule has 1 amide bonds. The molecule has 0 heterocycles. The molecule has 3 heteroatoms. The molecule has 0 unspecified atom stereocenters. The van der Waals surface area contributed by atoms with Gasteiger partial charge in [0.05, 0.1) is 0 Å². The van der Waals surface area contributed by atoms with Crippen LogP contribution in [0.3, 0.4) is 0 Å². The molecule has 0 saturated carbocycles. The fraction of sp³-hybridized carbons (Fsp3) is 0.750. The highest BCUT2D eigenvalue weighted by Gasteiger charge is 1.87. The molecule has 0 aliphatic heterocycles. The average Bonchev–Trinajstić information content (AvgIpc) is 1.36. The fourth-order valence-electron chi connectivity index (χ4n) is 0. The van der Waals surface area contributed by atoms with Gasteiger partial charge in [0.25, 0.3) is 0 Å². The molecule has 0 spiro atoms. The largest absolute Gasteiger partial charge is 1.00 e. The van der Waals surface area contributed by atoms with Crippen molar-refractivity contribution >= 4 is 5.91 Å². The molecule has 0 saturated heterocycles. The summed E-state index contributed by atoms with van der Waals surface area (Å²) in [7, 11) is 3.45. The van der Waals surface area contributed by atoms with Crippen LogP contribution in [0.1, 0.15) is 6.92 Å². The Kier molecular flexibility index (Phi) is 5.56. The van der Waals surface area contributed by atoms with Crippen LogP contribution in [0.4, 0.5) is 0 Å². The summed E-state index contributed by atoms with van der Waals surface area (Å²) in [6.45, 7) is 1.53. The summed E-state index contributed by atoms with van der Waals surface area (Å²) in [4.78, 5) is 11.6. The van der Waals surface area contributed by atoms with Crippen molar-refractivity contribution in [3.8, 4) is 0 Å². The van der Waals surface area contributed by atoms with Gasteiger partial charge in [-0.3, -0.25) is 4.79 Å². The summed E-state index contributed by atoms with van der Waals surface area (Å²) in [5, 5.41) is 0. The molecule has 0 N–H and O–H groups in total. The Bertz CT molecular complexity index is 62.7. The van der Waals surface area contributed by atoms with E-state index in [2.05, 4.69) is 0 Å². The number of hydrogen-bond donors (Lipinski definition) is 0. The van der Waals surface area contributed by atoms with Gasteiger partial charge in [0.2, 0.25) is 5.91 Å².